The van der Waals surface area contributed by atoms with Gasteiger partial charge in [-0.15, -0.1) is 0 Å². The van der Waals surface area contributed by atoms with Gasteiger partial charge in [-0.25, -0.2) is 0 Å². The lowest BCUT2D eigenvalue weighted by atomic mass is 10.0. The highest BCUT2D eigenvalue weighted by molar-refractivity contribution is 5.71. The van der Waals surface area contributed by atoms with Gasteiger partial charge in [0.05, 0.1) is 0 Å². The van der Waals surface area contributed by atoms with Gasteiger partial charge in [-0.05, 0) is 83.5 Å². The van der Waals surface area contributed by atoms with E-state index in [4.69, 9.17) is 14.2 Å². The standard InChI is InChI=1S/C57H98O6/c1-4-7-10-13-16-19-22-25-28-29-30-33-35-38-41-44-47-50-56(59)62-53-54(63-57(60)51-48-45-42-39-36-32-27-24-21-18-15-12-9-6-3)52-61-55(58)49-46-43-40-37-34-31-26-23-20-17-14-11-8-5-2/h8-9,11-12,17-18,20-21,26-27,31-32,54H,4-7,10,13-16,19,22-25,28-30,33-53H2,1-3H3/b11-8-,12-9-,20-17-,21-18-,31-26-,32-27-. The van der Waals surface area contributed by atoms with E-state index < -0.39 is 6.10 Å². The summed E-state index contributed by atoms with van der Waals surface area (Å²) in [4.78, 5) is 38.0. The zero-order chi connectivity index (χ0) is 45.8. The highest BCUT2D eigenvalue weighted by Crippen LogP contribution is 2.15. The summed E-state index contributed by atoms with van der Waals surface area (Å²) in [6.45, 7) is 6.39. The molecule has 0 saturated heterocycles. The van der Waals surface area contributed by atoms with Gasteiger partial charge in [0.25, 0.3) is 0 Å². The number of ether oxygens (including phenoxy) is 3. The maximum absolute atomic E-state index is 12.8. The predicted molar refractivity (Wildman–Crippen MR) is 270 cm³/mol. The van der Waals surface area contributed by atoms with Crippen molar-refractivity contribution in [3.8, 4) is 0 Å². The van der Waals surface area contributed by atoms with Crippen LogP contribution in [0.5, 0.6) is 0 Å². The van der Waals surface area contributed by atoms with Gasteiger partial charge in [-0.1, -0.05) is 222 Å². The zero-order valence-electron chi connectivity index (χ0n) is 41.3. The van der Waals surface area contributed by atoms with Crippen LogP contribution in [0.25, 0.3) is 0 Å². The van der Waals surface area contributed by atoms with Crippen molar-refractivity contribution in [2.75, 3.05) is 13.2 Å². The van der Waals surface area contributed by atoms with Gasteiger partial charge in [-0.3, -0.25) is 14.4 Å². The molecular weight excluding hydrogens is 781 g/mol. The summed E-state index contributed by atoms with van der Waals surface area (Å²) in [6, 6.07) is 0. The van der Waals surface area contributed by atoms with Crippen LogP contribution in [0.15, 0.2) is 72.9 Å². The van der Waals surface area contributed by atoms with Crippen molar-refractivity contribution in [1.29, 1.82) is 0 Å². The van der Waals surface area contributed by atoms with Crippen LogP contribution in [-0.2, 0) is 28.6 Å². The third-order valence-corrected chi connectivity index (χ3v) is 11.2. The number of unbranched alkanes of at least 4 members (excludes halogenated alkanes) is 24. The Bertz CT molecular complexity index is 1190. The number of hydrogen-bond acceptors (Lipinski definition) is 6. The summed E-state index contributed by atoms with van der Waals surface area (Å²) in [6.07, 6.45) is 64.6. The lowest BCUT2D eigenvalue weighted by Crippen LogP contribution is -2.30. The molecule has 6 heteroatoms. The second-order valence-corrected chi connectivity index (χ2v) is 17.4. The third kappa shape index (κ3) is 49.7. The fourth-order valence-corrected chi connectivity index (χ4v) is 7.29. The minimum atomic E-state index is -0.794. The van der Waals surface area contributed by atoms with E-state index in [9.17, 15) is 14.4 Å². The molecule has 6 nitrogen and oxygen atoms in total. The maximum atomic E-state index is 12.8. The first-order chi connectivity index (χ1) is 31.0. The first kappa shape index (κ1) is 59.9. The quantitative estimate of drug-likeness (QED) is 0.0262. The molecule has 1 atom stereocenters. The monoisotopic (exact) mass is 879 g/mol. The average Bonchev–Trinajstić information content (AvgIpc) is 3.28. The Morgan fingerprint density at radius 2 is 0.619 bits per heavy atom. The number of carbonyl (C=O) groups is 3. The minimum absolute atomic E-state index is 0.0903. The molecule has 63 heavy (non-hydrogen) atoms. The number of esters is 3. The molecule has 0 aliphatic carbocycles. The summed E-state index contributed by atoms with van der Waals surface area (Å²) in [5.41, 5.74) is 0. The van der Waals surface area contributed by atoms with Crippen LogP contribution < -0.4 is 0 Å². The van der Waals surface area contributed by atoms with Crippen molar-refractivity contribution in [2.45, 2.75) is 258 Å². The van der Waals surface area contributed by atoms with E-state index in [1.165, 1.54) is 89.9 Å². The fourth-order valence-electron chi connectivity index (χ4n) is 7.29. The Balaban J connectivity index is 4.41. The van der Waals surface area contributed by atoms with E-state index >= 15 is 0 Å². The second kappa shape index (κ2) is 51.5. The van der Waals surface area contributed by atoms with E-state index in [1.54, 1.807) is 0 Å². The summed E-state index contributed by atoms with van der Waals surface area (Å²) in [5, 5.41) is 0. The van der Waals surface area contributed by atoms with E-state index in [-0.39, 0.29) is 31.1 Å². The van der Waals surface area contributed by atoms with Crippen molar-refractivity contribution in [3.05, 3.63) is 72.9 Å². The predicted octanol–water partition coefficient (Wildman–Crippen LogP) is 17.4. The molecule has 0 rings (SSSR count). The van der Waals surface area contributed by atoms with Crippen LogP contribution in [0.2, 0.25) is 0 Å². The molecule has 1 unspecified atom stereocenters. The molecule has 0 heterocycles. The smallest absolute Gasteiger partial charge is 0.306 e. The van der Waals surface area contributed by atoms with Gasteiger partial charge in [0.15, 0.2) is 6.10 Å². The summed E-state index contributed by atoms with van der Waals surface area (Å²) in [7, 11) is 0. The van der Waals surface area contributed by atoms with Crippen LogP contribution in [-0.4, -0.2) is 37.2 Å². The van der Waals surface area contributed by atoms with Gasteiger partial charge in [-0.2, -0.15) is 0 Å². The number of allylic oxidation sites excluding steroid dienone is 12. The minimum Gasteiger partial charge on any atom is -0.462 e. The van der Waals surface area contributed by atoms with Crippen LogP contribution in [0.3, 0.4) is 0 Å². The van der Waals surface area contributed by atoms with E-state index in [2.05, 4.69) is 93.7 Å². The second-order valence-electron chi connectivity index (χ2n) is 17.4. The molecule has 0 aromatic rings. The molecule has 0 aliphatic rings. The van der Waals surface area contributed by atoms with Crippen molar-refractivity contribution in [3.63, 3.8) is 0 Å². The van der Waals surface area contributed by atoms with Crippen LogP contribution in [0.1, 0.15) is 252 Å². The van der Waals surface area contributed by atoms with Crippen LogP contribution in [0, 0.1) is 0 Å². The average molecular weight is 879 g/mol. The van der Waals surface area contributed by atoms with E-state index in [0.717, 1.165) is 122 Å². The van der Waals surface area contributed by atoms with E-state index in [1.807, 2.05) is 0 Å². The Morgan fingerprint density at radius 1 is 0.333 bits per heavy atom. The molecule has 0 saturated carbocycles. The lowest BCUT2D eigenvalue weighted by molar-refractivity contribution is -0.167. The summed E-state index contributed by atoms with van der Waals surface area (Å²) >= 11 is 0. The normalized spacial score (nSPS) is 12.6. The molecule has 0 bridgehead atoms. The van der Waals surface area contributed by atoms with E-state index in [0.29, 0.717) is 19.3 Å². The largest absolute Gasteiger partial charge is 0.462 e. The lowest BCUT2D eigenvalue weighted by Gasteiger charge is -2.18. The molecule has 0 radical (unpaired) electrons. The summed E-state index contributed by atoms with van der Waals surface area (Å²) in [5.74, 6) is -0.931. The van der Waals surface area contributed by atoms with Crippen molar-refractivity contribution in [2.24, 2.45) is 0 Å². The molecule has 0 aromatic carbocycles. The van der Waals surface area contributed by atoms with Crippen molar-refractivity contribution in [1.82, 2.24) is 0 Å². The van der Waals surface area contributed by atoms with Crippen molar-refractivity contribution < 1.29 is 28.6 Å². The van der Waals surface area contributed by atoms with Gasteiger partial charge < -0.3 is 14.2 Å². The zero-order valence-corrected chi connectivity index (χ0v) is 41.3. The van der Waals surface area contributed by atoms with Gasteiger partial charge in [0.1, 0.15) is 13.2 Å². The first-order valence-corrected chi connectivity index (χ1v) is 26.4. The molecule has 0 amide bonds. The van der Waals surface area contributed by atoms with Gasteiger partial charge in [0, 0.05) is 19.3 Å². The Hall–Kier alpha value is -3.15. The Labute approximate surface area is 389 Å². The molecule has 0 aromatic heterocycles. The van der Waals surface area contributed by atoms with Gasteiger partial charge in [0.2, 0.25) is 0 Å². The molecule has 0 aliphatic heterocycles. The maximum Gasteiger partial charge on any atom is 0.306 e. The molecule has 362 valence electrons. The number of hydrogen-bond donors (Lipinski definition) is 0. The molecule has 0 spiro atoms. The molecular formula is C57H98O6. The van der Waals surface area contributed by atoms with Crippen LogP contribution in [0.4, 0.5) is 0 Å². The fraction of sp³-hybridized carbons (Fsp3) is 0.737. The number of carbonyl (C=O) groups excluding carboxylic acids is 3. The van der Waals surface area contributed by atoms with Gasteiger partial charge >= 0.3 is 17.9 Å². The highest BCUT2D eigenvalue weighted by Gasteiger charge is 2.19. The van der Waals surface area contributed by atoms with Crippen LogP contribution >= 0.6 is 0 Å². The SMILES string of the molecule is CC/C=C\C/C=C\C/C=C\CCCCCCC(=O)OCC(COC(=O)CCCCCCCCCCCCCCCCCCC)OC(=O)CCCCCC/C=C\C/C=C\C/C=C\CC. The molecule has 0 N–H and O–H groups in total. The molecule has 0 fully saturated rings. The first-order valence-electron chi connectivity index (χ1n) is 26.4. The van der Waals surface area contributed by atoms with Crippen molar-refractivity contribution >= 4 is 17.9 Å². The highest BCUT2D eigenvalue weighted by atomic mass is 16.6. The third-order valence-electron chi connectivity index (χ3n) is 11.2. The summed E-state index contributed by atoms with van der Waals surface area (Å²) < 4.78 is 16.8. The topological polar surface area (TPSA) is 78.9 Å². The Morgan fingerprint density at radius 3 is 0.968 bits per heavy atom. The Kier molecular flexibility index (Phi) is 48.9. The number of rotatable bonds is 47.